The Morgan fingerprint density at radius 3 is 3.00 bits per heavy atom. The fourth-order valence-corrected chi connectivity index (χ4v) is 1.23. The number of nitrogens with one attached hydrogen (secondary N) is 1. The second-order valence-electron chi connectivity index (χ2n) is 2.62. The van der Waals surface area contributed by atoms with Gasteiger partial charge in [0.25, 0.3) is 0 Å². The second-order valence-corrected chi connectivity index (χ2v) is 2.98. The first-order chi connectivity index (χ1) is 6.68. The number of imidazole rings is 1. The van der Waals surface area contributed by atoms with E-state index in [1.165, 1.54) is 24.3 Å². The molecule has 72 valence electrons. The van der Waals surface area contributed by atoms with Crippen LogP contribution in [0.15, 0.2) is 12.7 Å². The molecule has 0 aliphatic carbocycles. The highest BCUT2D eigenvalue weighted by Crippen LogP contribution is 2.15. The molecule has 0 saturated carbocycles. The molecule has 0 bridgehead atoms. The van der Waals surface area contributed by atoms with Crippen molar-refractivity contribution in [3.8, 4) is 0 Å². The van der Waals surface area contributed by atoms with Crippen LogP contribution in [0.1, 0.15) is 6.92 Å². The molecule has 6 nitrogen and oxygen atoms in total. The molecule has 0 unspecified atom stereocenters. The van der Waals surface area contributed by atoms with Crippen molar-refractivity contribution in [1.29, 1.82) is 0 Å². The van der Waals surface area contributed by atoms with Crippen LogP contribution in [0.2, 0.25) is 5.15 Å². The van der Waals surface area contributed by atoms with E-state index in [0.717, 1.165) is 0 Å². The predicted molar refractivity (Wildman–Crippen MR) is 50.4 cm³/mol. The van der Waals surface area contributed by atoms with Gasteiger partial charge >= 0.3 is 0 Å². The maximum absolute atomic E-state index is 10.8. The van der Waals surface area contributed by atoms with Crippen molar-refractivity contribution in [2.75, 3.05) is 5.43 Å². The Morgan fingerprint density at radius 1 is 1.50 bits per heavy atom. The molecule has 0 atom stereocenters. The van der Waals surface area contributed by atoms with Crippen molar-refractivity contribution < 1.29 is 4.79 Å². The van der Waals surface area contributed by atoms with Gasteiger partial charge in [-0.3, -0.25) is 10.2 Å². The first-order valence-electron chi connectivity index (χ1n) is 3.79. The topological polar surface area (TPSA) is 72.7 Å². The molecule has 2 rings (SSSR count). The molecular formula is C7H6ClN5O. The van der Waals surface area contributed by atoms with E-state index >= 15 is 0 Å². The van der Waals surface area contributed by atoms with E-state index in [1.807, 2.05) is 0 Å². The van der Waals surface area contributed by atoms with Gasteiger partial charge in [0.2, 0.25) is 5.91 Å². The Bertz CT molecular complexity index is 494. The van der Waals surface area contributed by atoms with Gasteiger partial charge in [0, 0.05) is 6.92 Å². The van der Waals surface area contributed by atoms with Gasteiger partial charge in [0.1, 0.15) is 18.2 Å². The third kappa shape index (κ3) is 1.39. The number of hydrogen-bond donors (Lipinski definition) is 1. The summed E-state index contributed by atoms with van der Waals surface area (Å²) in [6, 6.07) is 0. The molecule has 0 saturated heterocycles. The first-order valence-corrected chi connectivity index (χ1v) is 4.17. The summed E-state index contributed by atoms with van der Waals surface area (Å²) in [7, 11) is 0. The minimum absolute atomic E-state index is 0.209. The van der Waals surface area contributed by atoms with E-state index < -0.39 is 0 Å². The summed E-state index contributed by atoms with van der Waals surface area (Å²) in [5.74, 6) is -0.209. The highest BCUT2D eigenvalue weighted by molar-refractivity contribution is 6.33. The van der Waals surface area contributed by atoms with E-state index in [4.69, 9.17) is 11.6 Å². The molecule has 1 amide bonds. The number of amides is 1. The van der Waals surface area contributed by atoms with Crippen LogP contribution in [-0.4, -0.2) is 25.5 Å². The summed E-state index contributed by atoms with van der Waals surface area (Å²) in [5, 5.41) is 0.263. The number of carbonyl (C=O) groups is 1. The Kier molecular flexibility index (Phi) is 2.05. The van der Waals surface area contributed by atoms with Crippen molar-refractivity contribution in [1.82, 2.24) is 19.6 Å². The lowest BCUT2D eigenvalue weighted by Crippen LogP contribution is -2.18. The lowest BCUT2D eigenvalue weighted by atomic mass is 10.6. The molecule has 2 aromatic rings. The number of hydrogen-bond acceptors (Lipinski definition) is 4. The largest absolute Gasteiger partial charge is 0.274 e. The van der Waals surface area contributed by atoms with Crippen molar-refractivity contribution in [2.45, 2.75) is 6.92 Å². The van der Waals surface area contributed by atoms with Gasteiger partial charge in [-0.05, 0) is 0 Å². The fourth-order valence-electron chi connectivity index (χ4n) is 1.06. The van der Waals surface area contributed by atoms with E-state index in [0.29, 0.717) is 11.2 Å². The number of rotatable bonds is 1. The Balaban J connectivity index is 2.58. The quantitative estimate of drug-likeness (QED) is 0.700. The average molecular weight is 212 g/mol. The average Bonchev–Trinajstić information content (AvgIpc) is 2.49. The summed E-state index contributed by atoms with van der Waals surface area (Å²) < 4.78 is 1.39. The normalized spacial score (nSPS) is 10.4. The SMILES string of the molecule is CC(=O)Nn1cnc2c(Cl)ncnc21. The molecule has 14 heavy (non-hydrogen) atoms. The van der Waals surface area contributed by atoms with Crippen LogP contribution in [-0.2, 0) is 4.79 Å². The molecule has 0 fully saturated rings. The third-order valence-corrected chi connectivity index (χ3v) is 1.84. The Labute approximate surface area is 83.9 Å². The third-order valence-electron chi connectivity index (χ3n) is 1.57. The highest BCUT2D eigenvalue weighted by Gasteiger charge is 2.08. The Hall–Kier alpha value is -1.69. The van der Waals surface area contributed by atoms with Crippen molar-refractivity contribution in [2.24, 2.45) is 0 Å². The van der Waals surface area contributed by atoms with Gasteiger partial charge in [-0.1, -0.05) is 11.6 Å². The minimum Gasteiger partial charge on any atom is -0.274 e. The zero-order valence-corrected chi connectivity index (χ0v) is 7.99. The van der Waals surface area contributed by atoms with E-state index in [9.17, 15) is 4.79 Å². The fraction of sp³-hybridized carbons (Fsp3) is 0.143. The summed E-state index contributed by atoms with van der Waals surface area (Å²) in [5.41, 5.74) is 3.45. The molecule has 0 aromatic carbocycles. The van der Waals surface area contributed by atoms with Crippen LogP contribution >= 0.6 is 11.6 Å². The molecule has 1 N–H and O–H groups in total. The smallest absolute Gasteiger partial charge is 0.235 e. The zero-order valence-electron chi connectivity index (χ0n) is 7.23. The van der Waals surface area contributed by atoms with E-state index in [-0.39, 0.29) is 11.1 Å². The number of aromatic nitrogens is 4. The summed E-state index contributed by atoms with van der Waals surface area (Å²) in [6.45, 7) is 1.40. The van der Waals surface area contributed by atoms with Gasteiger partial charge in [0.05, 0.1) is 0 Å². The summed E-state index contributed by atoms with van der Waals surface area (Å²) in [6.07, 6.45) is 2.73. The molecule has 0 aliphatic heterocycles. The number of halogens is 1. The van der Waals surface area contributed by atoms with Crippen LogP contribution in [0.25, 0.3) is 11.2 Å². The molecule has 7 heteroatoms. The standard InChI is InChI=1S/C7H6ClN5O/c1-4(14)12-13-3-11-5-6(8)9-2-10-7(5)13/h2-3H,1H3,(H,12,14). The van der Waals surface area contributed by atoms with Crippen LogP contribution in [0, 0.1) is 0 Å². The first kappa shape index (κ1) is 8.89. The van der Waals surface area contributed by atoms with Gasteiger partial charge in [0.15, 0.2) is 10.8 Å². The van der Waals surface area contributed by atoms with E-state index in [1.54, 1.807) is 0 Å². The lowest BCUT2D eigenvalue weighted by Gasteiger charge is -2.01. The molecule has 2 heterocycles. The van der Waals surface area contributed by atoms with Crippen molar-refractivity contribution >= 4 is 28.7 Å². The van der Waals surface area contributed by atoms with Gasteiger partial charge in [-0.2, -0.15) is 0 Å². The number of nitrogens with zero attached hydrogens (tertiary/aromatic N) is 4. The summed E-state index contributed by atoms with van der Waals surface area (Å²) >= 11 is 5.77. The van der Waals surface area contributed by atoms with Gasteiger partial charge < -0.3 is 0 Å². The second kappa shape index (κ2) is 3.22. The van der Waals surface area contributed by atoms with Crippen LogP contribution in [0.5, 0.6) is 0 Å². The Morgan fingerprint density at radius 2 is 2.29 bits per heavy atom. The molecule has 0 spiro atoms. The molecule has 0 radical (unpaired) electrons. The zero-order chi connectivity index (χ0) is 10.1. The van der Waals surface area contributed by atoms with Crippen LogP contribution in [0.3, 0.4) is 0 Å². The maximum atomic E-state index is 10.8. The maximum Gasteiger partial charge on any atom is 0.235 e. The lowest BCUT2D eigenvalue weighted by molar-refractivity contribution is -0.115. The summed E-state index contributed by atoms with van der Waals surface area (Å²) in [4.78, 5) is 22.5. The number of carbonyl (C=O) groups excluding carboxylic acids is 1. The van der Waals surface area contributed by atoms with Crippen molar-refractivity contribution in [3.05, 3.63) is 17.8 Å². The van der Waals surface area contributed by atoms with Crippen LogP contribution in [0.4, 0.5) is 0 Å². The monoisotopic (exact) mass is 211 g/mol. The predicted octanol–water partition coefficient (Wildman–Crippen LogP) is 0.570. The molecule has 2 aromatic heterocycles. The minimum atomic E-state index is -0.209. The van der Waals surface area contributed by atoms with Gasteiger partial charge in [-0.25, -0.2) is 19.6 Å². The number of fused-ring (bicyclic) bond motifs is 1. The van der Waals surface area contributed by atoms with Crippen LogP contribution < -0.4 is 5.43 Å². The molecule has 0 aliphatic rings. The molecular weight excluding hydrogens is 206 g/mol. The highest BCUT2D eigenvalue weighted by atomic mass is 35.5. The van der Waals surface area contributed by atoms with Gasteiger partial charge in [-0.15, -0.1) is 0 Å². The van der Waals surface area contributed by atoms with E-state index in [2.05, 4.69) is 20.4 Å². The van der Waals surface area contributed by atoms with Crippen molar-refractivity contribution in [3.63, 3.8) is 0 Å².